The van der Waals surface area contributed by atoms with Crippen molar-refractivity contribution in [3.63, 3.8) is 0 Å². The number of carbonyl (C=O) groups excluding carboxylic acids is 1. The van der Waals surface area contributed by atoms with Crippen LogP contribution < -0.4 is 19.7 Å². The minimum Gasteiger partial charge on any atom is -0.497 e. The zero-order valence-electron chi connectivity index (χ0n) is 24.2. The smallest absolute Gasteiger partial charge is 0.490 e. The summed E-state index contributed by atoms with van der Waals surface area (Å²) >= 11 is 0. The molecule has 12 nitrogen and oxygen atoms in total. The number of nitrogens with one attached hydrogen (secondary N) is 2. The highest BCUT2D eigenvalue weighted by Crippen LogP contribution is 2.36. The number of methoxy groups -OCH3 is 1. The Balaban J connectivity index is 0.000000360. The molecule has 2 aliphatic heterocycles. The molecule has 1 amide bonds. The molecular weight excluding hydrogens is 653 g/mol. The van der Waals surface area contributed by atoms with Crippen molar-refractivity contribution in [2.45, 2.75) is 18.8 Å². The van der Waals surface area contributed by atoms with Gasteiger partial charge in [-0.2, -0.15) is 31.4 Å². The Bertz CT molecular complexity index is 1520. The number of ether oxygens (including phenoxy) is 3. The number of benzene rings is 2. The normalized spacial score (nSPS) is 15.8. The van der Waals surface area contributed by atoms with Gasteiger partial charge in [-0.15, -0.1) is 0 Å². The van der Waals surface area contributed by atoms with Crippen molar-refractivity contribution >= 4 is 29.2 Å². The second kappa shape index (κ2) is 15.5. The first-order valence-corrected chi connectivity index (χ1v) is 13.4. The van der Waals surface area contributed by atoms with E-state index in [-0.39, 0.29) is 18.4 Å². The lowest BCUT2D eigenvalue weighted by Crippen LogP contribution is -2.37. The van der Waals surface area contributed by atoms with Gasteiger partial charge in [0.05, 0.1) is 43.8 Å². The van der Waals surface area contributed by atoms with Crippen LogP contribution in [0.3, 0.4) is 0 Å². The molecule has 19 heteroatoms. The number of aromatic nitrogens is 2. The van der Waals surface area contributed by atoms with Crippen LogP contribution in [0.25, 0.3) is 11.1 Å². The monoisotopic (exact) mass is 680 g/mol. The number of rotatable bonds is 5. The Hall–Kier alpha value is -5.07. The topological polar surface area (TPSA) is 163 Å². The second-order valence-corrected chi connectivity index (χ2v) is 9.72. The Morgan fingerprint density at radius 2 is 1.64 bits per heavy atom. The van der Waals surface area contributed by atoms with E-state index in [2.05, 4.69) is 20.4 Å². The summed E-state index contributed by atoms with van der Waals surface area (Å²) in [6.07, 6.45) is -6.41. The third-order valence-corrected chi connectivity index (χ3v) is 6.54. The molecule has 5 rings (SSSR count). The number of alkyl halides is 6. The van der Waals surface area contributed by atoms with E-state index in [1.54, 1.807) is 25.6 Å². The molecule has 0 saturated carbocycles. The number of halogens is 7. The van der Waals surface area contributed by atoms with Crippen LogP contribution in [0, 0.1) is 11.7 Å². The first kappa shape index (κ1) is 36.4. The number of carboxylic acid groups (broad SMARTS) is 2. The van der Waals surface area contributed by atoms with Gasteiger partial charge in [0.15, 0.2) is 0 Å². The number of amides is 1. The average Bonchev–Trinajstić information content (AvgIpc) is 3.55. The molecule has 2 aromatic carbocycles. The standard InChI is InChI=1S/C24H25FN4O4.2C2HF3O2/c1-31-18-3-2-15-8-16(14-33-23(15)9-18)24(30)28-21-11-20(25)19(17-12-26-27-13-17)10-22(21)29-4-6-32-7-5-29;2*3-2(4,5)1(6)7/h2-3,9-13,16H,4-8,14H2,1H3,(H,26,27)(H,28,30);2*(H,6,7). The molecule has 2 aliphatic rings. The summed E-state index contributed by atoms with van der Waals surface area (Å²) in [4.78, 5) is 33.1. The Kier molecular flexibility index (Phi) is 12.0. The van der Waals surface area contributed by atoms with Gasteiger partial charge in [0.25, 0.3) is 0 Å². The molecule has 4 N–H and O–H groups in total. The predicted octanol–water partition coefficient (Wildman–Crippen LogP) is 4.52. The zero-order valence-corrected chi connectivity index (χ0v) is 24.2. The molecule has 256 valence electrons. The fraction of sp³-hybridized carbons (Fsp3) is 0.357. The molecular formula is C28H27F7N4O8. The van der Waals surface area contributed by atoms with Crippen molar-refractivity contribution in [2.24, 2.45) is 5.92 Å². The molecule has 1 atom stereocenters. The van der Waals surface area contributed by atoms with E-state index in [1.165, 1.54) is 6.07 Å². The van der Waals surface area contributed by atoms with Crippen LogP contribution in [0.2, 0.25) is 0 Å². The van der Waals surface area contributed by atoms with Crippen LogP contribution in [0.15, 0.2) is 42.7 Å². The van der Waals surface area contributed by atoms with Crippen molar-refractivity contribution in [1.29, 1.82) is 0 Å². The van der Waals surface area contributed by atoms with Gasteiger partial charge in [0, 0.05) is 42.5 Å². The number of morpholine rings is 1. The van der Waals surface area contributed by atoms with E-state index < -0.39 is 30.1 Å². The van der Waals surface area contributed by atoms with Crippen LogP contribution >= 0.6 is 0 Å². The van der Waals surface area contributed by atoms with Gasteiger partial charge in [-0.1, -0.05) is 6.07 Å². The summed E-state index contributed by atoms with van der Waals surface area (Å²) in [7, 11) is 1.60. The maximum Gasteiger partial charge on any atom is 0.490 e. The van der Waals surface area contributed by atoms with Gasteiger partial charge in [-0.25, -0.2) is 14.0 Å². The summed E-state index contributed by atoms with van der Waals surface area (Å²) in [5.74, 6) is -5.11. The van der Waals surface area contributed by atoms with E-state index >= 15 is 4.39 Å². The van der Waals surface area contributed by atoms with Crippen molar-refractivity contribution in [1.82, 2.24) is 10.2 Å². The minimum atomic E-state index is -5.08. The number of fused-ring (bicyclic) bond motifs is 1. The summed E-state index contributed by atoms with van der Waals surface area (Å²) in [6.45, 7) is 2.70. The van der Waals surface area contributed by atoms with Crippen LogP contribution in [-0.4, -0.2) is 90.6 Å². The first-order valence-electron chi connectivity index (χ1n) is 13.4. The van der Waals surface area contributed by atoms with E-state index in [4.69, 9.17) is 34.0 Å². The van der Waals surface area contributed by atoms with E-state index in [1.807, 2.05) is 18.2 Å². The molecule has 0 bridgehead atoms. The summed E-state index contributed by atoms with van der Waals surface area (Å²) < 4.78 is 95.1. The summed E-state index contributed by atoms with van der Waals surface area (Å²) in [5, 5.41) is 23.8. The maximum atomic E-state index is 15.0. The Morgan fingerprint density at radius 3 is 2.17 bits per heavy atom. The van der Waals surface area contributed by atoms with Crippen LogP contribution in [0.4, 0.5) is 42.1 Å². The molecule has 3 heterocycles. The van der Waals surface area contributed by atoms with Crippen molar-refractivity contribution in [3.8, 4) is 22.6 Å². The number of aromatic amines is 1. The highest BCUT2D eigenvalue weighted by atomic mass is 19.4. The van der Waals surface area contributed by atoms with Crippen molar-refractivity contribution in [3.05, 3.63) is 54.1 Å². The van der Waals surface area contributed by atoms with E-state index in [9.17, 15) is 31.1 Å². The lowest BCUT2D eigenvalue weighted by Gasteiger charge is -2.31. The molecule has 1 fully saturated rings. The fourth-order valence-corrected chi connectivity index (χ4v) is 4.23. The summed E-state index contributed by atoms with van der Waals surface area (Å²) in [6, 6.07) is 8.73. The van der Waals surface area contributed by atoms with Gasteiger partial charge in [-0.05, 0) is 24.1 Å². The van der Waals surface area contributed by atoms with Crippen molar-refractivity contribution in [2.75, 3.05) is 50.2 Å². The Morgan fingerprint density at radius 1 is 1.02 bits per heavy atom. The summed E-state index contributed by atoms with van der Waals surface area (Å²) in [5.41, 5.74) is 3.20. The van der Waals surface area contributed by atoms with E-state index in [0.717, 1.165) is 17.0 Å². The first-order chi connectivity index (χ1) is 22.0. The zero-order chi connectivity index (χ0) is 34.9. The number of anilines is 2. The minimum absolute atomic E-state index is 0.207. The van der Waals surface area contributed by atoms with Gasteiger partial charge >= 0.3 is 24.3 Å². The third-order valence-electron chi connectivity index (χ3n) is 6.54. The van der Waals surface area contributed by atoms with Gasteiger partial charge in [0.2, 0.25) is 5.91 Å². The molecule has 0 radical (unpaired) electrons. The number of carbonyl (C=O) groups is 3. The molecule has 0 aliphatic carbocycles. The van der Waals surface area contributed by atoms with Gasteiger partial charge in [0.1, 0.15) is 23.9 Å². The van der Waals surface area contributed by atoms with Gasteiger partial charge < -0.3 is 34.6 Å². The number of nitrogens with zero attached hydrogens (tertiary/aromatic N) is 2. The SMILES string of the molecule is COc1ccc2c(c1)OCC(C(=O)Nc1cc(F)c(-c3cn[nH]c3)cc1N1CCOCC1)C2.O=C(O)C(F)(F)F.O=C(O)C(F)(F)F. The fourth-order valence-electron chi connectivity index (χ4n) is 4.23. The molecule has 1 aromatic heterocycles. The van der Waals surface area contributed by atoms with Crippen LogP contribution in [0.1, 0.15) is 5.56 Å². The third kappa shape index (κ3) is 10.2. The maximum absolute atomic E-state index is 15.0. The largest absolute Gasteiger partial charge is 0.497 e. The van der Waals surface area contributed by atoms with Gasteiger partial charge in [-0.3, -0.25) is 9.89 Å². The lowest BCUT2D eigenvalue weighted by molar-refractivity contribution is -0.193. The molecule has 47 heavy (non-hydrogen) atoms. The predicted molar refractivity (Wildman–Crippen MR) is 149 cm³/mol. The van der Waals surface area contributed by atoms with Crippen LogP contribution in [-0.2, 0) is 25.5 Å². The highest BCUT2D eigenvalue weighted by molar-refractivity contribution is 5.97. The number of hydrogen-bond donors (Lipinski definition) is 4. The number of aliphatic carboxylic acids is 2. The number of hydrogen-bond acceptors (Lipinski definition) is 8. The molecule has 1 saturated heterocycles. The Labute approximate surface area is 261 Å². The van der Waals surface area contributed by atoms with Crippen molar-refractivity contribution < 1.29 is 69.5 Å². The molecule has 1 unspecified atom stereocenters. The molecule has 3 aromatic rings. The highest BCUT2D eigenvalue weighted by Gasteiger charge is 2.39. The molecule has 0 spiro atoms. The quantitative estimate of drug-likeness (QED) is 0.282. The number of carboxylic acids is 2. The second-order valence-electron chi connectivity index (χ2n) is 9.72. The number of H-pyrrole nitrogens is 1. The average molecular weight is 681 g/mol. The van der Waals surface area contributed by atoms with Crippen LogP contribution in [0.5, 0.6) is 11.5 Å². The van der Waals surface area contributed by atoms with E-state index in [0.29, 0.717) is 55.3 Å². The lowest BCUT2D eigenvalue weighted by atomic mass is 9.95.